The molecule has 3 aromatic rings. The van der Waals surface area contributed by atoms with Crippen LogP contribution in [0.25, 0.3) is 10.1 Å². The SMILES string of the molecule is CC.Cc1ccc(Nc2c(C(=O)NOCCO)c3scc(C)c3c(=O)n2C)c(F)c1. The first-order chi connectivity index (χ1) is 14.3. The van der Waals surface area contributed by atoms with Crippen molar-refractivity contribution in [1.29, 1.82) is 0 Å². The third-order valence-electron chi connectivity index (χ3n) is 4.26. The van der Waals surface area contributed by atoms with E-state index >= 15 is 0 Å². The van der Waals surface area contributed by atoms with Gasteiger partial charge in [-0.1, -0.05) is 19.9 Å². The van der Waals surface area contributed by atoms with Crippen molar-refractivity contribution in [2.75, 3.05) is 18.5 Å². The van der Waals surface area contributed by atoms with Gasteiger partial charge < -0.3 is 10.4 Å². The Morgan fingerprint density at radius 2 is 2.00 bits per heavy atom. The van der Waals surface area contributed by atoms with E-state index in [1.807, 2.05) is 13.8 Å². The Hall–Kier alpha value is -2.75. The van der Waals surface area contributed by atoms with E-state index in [9.17, 15) is 14.0 Å². The Morgan fingerprint density at radius 3 is 2.63 bits per heavy atom. The van der Waals surface area contributed by atoms with Crippen LogP contribution in [0.3, 0.4) is 0 Å². The minimum atomic E-state index is -0.606. The van der Waals surface area contributed by atoms with E-state index < -0.39 is 11.7 Å². The van der Waals surface area contributed by atoms with E-state index in [4.69, 9.17) is 9.94 Å². The fourth-order valence-corrected chi connectivity index (χ4v) is 3.94. The van der Waals surface area contributed by atoms with E-state index in [2.05, 4.69) is 10.8 Å². The molecule has 3 N–H and O–H groups in total. The van der Waals surface area contributed by atoms with Crippen LogP contribution in [-0.4, -0.2) is 28.8 Å². The number of aryl methyl sites for hydroxylation is 2. The van der Waals surface area contributed by atoms with E-state index in [0.29, 0.717) is 10.1 Å². The Bertz CT molecular complexity index is 1110. The number of thiophene rings is 1. The van der Waals surface area contributed by atoms with Gasteiger partial charge in [-0.3, -0.25) is 19.0 Å². The normalized spacial score (nSPS) is 10.5. The monoisotopic (exact) mass is 435 g/mol. The first-order valence-corrected chi connectivity index (χ1v) is 10.4. The number of anilines is 2. The third-order valence-corrected chi connectivity index (χ3v) is 5.37. The Morgan fingerprint density at radius 1 is 1.30 bits per heavy atom. The van der Waals surface area contributed by atoms with Gasteiger partial charge in [0.1, 0.15) is 17.2 Å². The van der Waals surface area contributed by atoms with Gasteiger partial charge >= 0.3 is 0 Å². The zero-order valence-corrected chi connectivity index (χ0v) is 18.4. The molecule has 0 atom stereocenters. The van der Waals surface area contributed by atoms with Crippen molar-refractivity contribution >= 4 is 38.8 Å². The second-order valence-electron chi connectivity index (χ2n) is 6.32. The van der Waals surface area contributed by atoms with Gasteiger partial charge in [-0.05, 0) is 42.5 Å². The number of aliphatic hydroxyl groups is 1. The Kier molecular flexibility index (Phi) is 8.10. The molecule has 0 saturated heterocycles. The number of carbonyl (C=O) groups is 1. The predicted molar refractivity (Wildman–Crippen MR) is 118 cm³/mol. The predicted octanol–water partition coefficient (Wildman–Crippen LogP) is 3.78. The lowest BCUT2D eigenvalue weighted by molar-refractivity contribution is 0.0170. The van der Waals surface area contributed by atoms with Crippen LogP contribution in [0.1, 0.15) is 35.3 Å². The van der Waals surface area contributed by atoms with Crippen molar-refractivity contribution in [3.05, 3.63) is 56.4 Å². The number of fused-ring (bicyclic) bond motifs is 1. The summed E-state index contributed by atoms with van der Waals surface area (Å²) in [5.41, 5.74) is 3.76. The van der Waals surface area contributed by atoms with Crippen molar-refractivity contribution in [3.63, 3.8) is 0 Å². The highest BCUT2D eigenvalue weighted by Gasteiger charge is 2.24. The summed E-state index contributed by atoms with van der Waals surface area (Å²) in [5, 5.41) is 13.9. The molecule has 1 aromatic carbocycles. The van der Waals surface area contributed by atoms with Crippen LogP contribution in [-0.2, 0) is 11.9 Å². The fraction of sp³-hybridized carbons (Fsp3) is 0.333. The average molecular weight is 436 g/mol. The van der Waals surface area contributed by atoms with Gasteiger partial charge in [0.15, 0.2) is 0 Å². The summed E-state index contributed by atoms with van der Waals surface area (Å²) in [7, 11) is 1.51. The summed E-state index contributed by atoms with van der Waals surface area (Å²) < 4.78 is 16.1. The van der Waals surface area contributed by atoms with Gasteiger partial charge in [0.2, 0.25) is 0 Å². The lowest BCUT2D eigenvalue weighted by Gasteiger charge is -2.17. The molecule has 7 nitrogen and oxygen atoms in total. The highest BCUT2D eigenvalue weighted by atomic mass is 32.1. The maximum atomic E-state index is 14.4. The number of carbonyl (C=O) groups excluding carboxylic acids is 1. The summed E-state index contributed by atoms with van der Waals surface area (Å²) >= 11 is 1.25. The number of aliphatic hydroxyl groups excluding tert-OH is 1. The highest BCUT2D eigenvalue weighted by molar-refractivity contribution is 7.17. The first-order valence-electron chi connectivity index (χ1n) is 9.52. The number of halogens is 1. The molecule has 0 saturated carbocycles. The van der Waals surface area contributed by atoms with Crippen molar-refractivity contribution in [1.82, 2.24) is 10.0 Å². The van der Waals surface area contributed by atoms with Gasteiger partial charge in [-0.15, -0.1) is 11.3 Å². The molecule has 2 heterocycles. The molecule has 0 radical (unpaired) electrons. The van der Waals surface area contributed by atoms with Crippen molar-refractivity contribution < 1.29 is 19.1 Å². The fourth-order valence-electron chi connectivity index (χ4n) is 2.86. The van der Waals surface area contributed by atoms with Crippen molar-refractivity contribution in [2.45, 2.75) is 27.7 Å². The first kappa shape index (κ1) is 23.5. The number of nitrogens with zero attached hydrogens (tertiary/aromatic N) is 1. The van der Waals surface area contributed by atoms with Crippen LogP contribution in [0, 0.1) is 19.7 Å². The zero-order chi connectivity index (χ0) is 22.4. The third kappa shape index (κ3) is 4.69. The molecule has 0 bridgehead atoms. The van der Waals surface area contributed by atoms with Crippen LogP contribution >= 0.6 is 11.3 Å². The largest absolute Gasteiger partial charge is 0.394 e. The van der Waals surface area contributed by atoms with Crippen LogP contribution in [0.4, 0.5) is 15.9 Å². The van der Waals surface area contributed by atoms with Gasteiger partial charge in [-0.2, -0.15) is 0 Å². The topological polar surface area (TPSA) is 92.6 Å². The molecule has 0 aliphatic heterocycles. The summed E-state index contributed by atoms with van der Waals surface area (Å²) in [4.78, 5) is 30.6. The highest BCUT2D eigenvalue weighted by Crippen LogP contribution is 2.32. The molecule has 0 aliphatic rings. The minimum Gasteiger partial charge on any atom is -0.394 e. The van der Waals surface area contributed by atoms with Crippen molar-refractivity contribution in [3.8, 4) is 0 Å². The zero-order valence-electron chi connectivity index (χ0n) is 17.6. The van der Waals surface area contributed by atoms with E-state index in [1.165, 1.54) is 29.0 Å². The average Bonchev–Trinajstić information content (AvgIpc) is 3.10. The number of nitrogens with one attached hydrogen (secondary N) is 2. The molecule has 30 heavy (non-hydrogen) atoms. The molecule has 162 valence electrons. The second-order valence-corrected chi connectivity index (χ2v) is 7.20. The van der Waals surface area contributed by atoms with E-state index in [1.54, 1.807) is 31.4 Å². The van der Waals surface area contributed by atoms with Crippen molar-refractivity contribution in [2.24, 2.45) is 7.05 Å². The number of benzene rings is 1. The number of pyridine rings is 1. The summed E-state index contributed by atoms with van der Waals surface area (Å²) in [6.45, 7) is 7.21. The number of hydrogen-bond acceptors (Lipinski definition) is 6. The molecule has 0 spiro atoms. The van der Waals surface area contributed by atoms with E-state index in [0.717, 1.165) is 11.1 Å². The lowest BCUT2D eigenvalue weighted by atomic mass is 10.1. The molecule has 0 unspecified atom stereocenters. The summed E-state index contributed by atoms with van der Waals surface area (Å²) in [6.07, 6.45) is 0. The number of hydroxylamine groups is 1. The van der Waals surface area contributed by atoms with Gasteiger partial charge in [0.05, 0.1) is 29.0 Å². The quantitative estimate of drug-likeness (QED) is 0.405. The summed E-state index contributed by atoms with van der Waals surface area (Å²) in [5.74, 6) is -0.962. The molecule has 3 rings (SSSR count). The molecule has 2 aromatic heterocycles. The number of aromatic nitrogens is 1. The van der Waals surface area contributed by atoms with Crippen LogP contribution in [0.2, 0.25) is 0 Å². The van der Waals surface area contributed by atoms with Gasteiger partial charge in [0, 0.05) is 7.05 Å². The standard InChI is InChI=1S/C19H20FN3O4S.C2H6/c1-10-4-5-13(12(20)8-10)21-17-15(18(25)22-27-7-6-24)16-14(11(2)9-28-16)19(26)23(17)3;1-2/h4-5,8-9,21,24H,6-7H2,1-3H3,(H,22,25);1-2H3. The number of hydrogen-bond donors (Lipinski definition) is 3. The summed E-state index contributed by atoms with van der Waals surface area (Å²) in [6, 6.07) is 4.63. The van der Waals surface area contributed by atoms with Gasteiger partial charge in [-0.25, -0.2) is 9.87 Å². The molecule has 1 amide bonds. The van der Waals surface area contributed by atoms with Crippen LogP contribution in [0.15, 0.2) is 28.4 Å². The molecule has 0 aliphatic carbocycles. The maximum absolute atomic E-state index is 14.4. The van der Waals surface area contributed by atoms with Crippen LogP contribution < -0.4 is 16.4 Å². The minimum absolute atomic E-state index is 0.0839. The maximum Gasteiger partial charge on any atom is 0.280 e. The molecule has 0 fully saturated rings. The number of rotatable bonds is 6. The Balaban J connectivity index is 0.00000155. The lowest BCUT2D eigenvalue weighted by Crippen LogP contribution is -2.30. The molecular weight excluding hydrogens is 409 g/mol. The Labute approximate surface area is 178 Å². The van der Waals surface area contributed by atoms with Gasteiger partial charge in [0.25, 0.3) is 11.5 Å². The molecule has 9 heteroatoms. The van der Waals surface area contributed by atoms with E-state index in [-0.39, 0.29) is 35.8 Å². The molecular formula is C21H26FN3O4S. The second kappa shape index (κ2) is 10.3. The number of amides is 1. The van der Waals surface area contributed by atoms with Crippen LogP contribution in [0.5, 0.6) is 0 Å². The smallest absolute Gasteiger partial charge is 0.280 e.